The molecule has 5 nitrogen and oxygen atoms in total. The van der Waals surface area contributed by atoms with Crippen molar-refractivity contribution >= 4 is 20.7 Å². The van der Waals surface area contributed by atoms with Gasteiger partial charge in [0.2, 0.25) is 0 Å². The van der Waals surface area contributed by atoms with Gasteiger partial charge in [-0.25, -0.2) is 8.42 Å². The Morgan fingerprint density at radius 1 is 1.00 bits per heavy atom. The van der Waals surface area contributed by atoms with Crippen LogP contribution in [-0.2, 0) is 9.84 Å². The van der Waals surface area contributed by atoms with Gasteiger partial charge in [-0.05, 0) is 132 Å². The molecule has 0 spiro atoms. The highest BCUT2D eigenvalue weighted by atomic mass is 32.2. The quantitative estimate of drug-likeness (QED) is 0.328. The number of hydrogen-bond donors (Lipinski definition) is 0. The average molecular weight is 525 g/mol. The maximum Gasteiger partial charge on any atom is 0.182 e. The Morgan fingerprint density at radius 2 is 1.68 bits per heavy atom. The number of hydrogen-bond acceptors (Lipinski definition) is 5. The van der Waals surface area contributed by atoms with Crippen molar-refractivity contribution in [2.45, 2.75) is 82.4 Å². The lowest BCUT2D eigenvalue weighted by Gasteiger charge is -2.36. The molecule has 6 heteroatoms. The Hall–Kier alpha value is -2.44. The van der Waals surface area contributed by atoms with Gasteiger partial charge < -0.3 is 9.64 Å². The van der Waals surface area contributed by atoms with Crippen LogP contribution in [0.25, 0.3) is 22.0 Å². The van der Waals surface area contributed by atoms with Gasteiger partial charge in [0, 0.05) is 19.1 Å². The van der Waals surface area contributed by atoms with E-state index in [9.17, 15) is 8.42 Å². The van der Waals surface area contributed by atoms with E-state index in [0.29, 0.717) is 16.9 Å². The minimum Gasteiger partial charge on any atom is -0.496 e. The molecule has 1 atom stereocenters. The SMILES string of the molecule is COc1cc(-c2ccc3ncc(S(=O)(=O)C(C)C)c(C4CCC(C(C)N(C)C)CC4)c3c2)cc(C)c1C.[HH]. The molecule has 1 aliphatic rings. The molecule has 2 aromatic carbocycles. The third-order valence-corrected chi connectivity index (χ3v) is 10.8. The standard InChI is InChI=1S/C31H42N2O3S.H2/c1-19(2)37(34,35)30-18-32-28-14-13-25(26-15-20(3)21(4)29(17-26)36-8)16-27(28)31(30)24-11-9-23(10-12-24)22(5)33(6)7;/h13-19,22-24H,9-12H2,1-8H3;1H. The van der Waals surface area contributed by atoms with E-state index in [1.54, 1.807) is 27.2 Å². The van der Waals surface area contributed by atoms with Gasteiger partial charge in [-0.1, -0.05) is 12.1 Å². The summed E-state index contributed by atoms with van der Waals surface area (Å²) < 4.78 is 32.8. The Labute approximate surface area is 224 Å². The monoisotopic (exact) mass is 524 g/mol. The highest BCUT2D eigenvalue weighted by Crippen LogP contribution is 2.44. The number of pyridine rings is 1. The molecule has 1 aliphatic carbocycles. The molecule has 0 saturated heterocycles. The zero-order valence-electron chi connectivity index (χ0n) is 23.6. The second-order valence-corrected chi connectivity index (χ2v) is 13.8. The van der Waals surface area contributed by atoms with Gasteiger partial charge >= 0.3 is 0 Å². The zero-order valence-corrected chi connectivity index (χ0v) is 24.4. The largest absolute Gasteiger partial charge is 0.496 e. The van der Waals surface area contributed by atoms with Crippen LogP contribution in [0.5, 0.6) is 5.75 Å². The van der Waals surface area contributed by atoms with E-state index >= 15 is 0 Å². The maximum absolute atomic E-state index is 13.6. The molecule has 3 aromatic rings. The summed E-state index contributed by atoms with van der Waals surface area (Å²) >= 11 is 0. The van der Waals surface area contributed by atoms with Gasteiger partial charge in [0.15, 0.2) is 9.84 Å². The predicted octanol–water partition coefficient (Wildman–Crippen LogP) is 7.18. The van der Waals surface area contributed by atoms with E-state index in [4.69, 9.17) is 4.74 Å². The summed E-state index contributed by atoms with van der Waals surface area (Å²) in [4.78, 5) is 7.35. The minimum absolute atomic E-state index is 0. The van der Waals surface area contributed by atoms with Crippen LogP contribution in [0.2, 0.25) is 0 Å². The molecule has 0 aliphatic heterocycles. The fourth-order valence-electron chi connectivity index (χ4n) is 5.79. The first kappa shape index (κ1) is 27.6. The van der Waals surface area contributed by atoms with Crippen LogP contribution in [0.3, 0.4) is 0 Å². The van der Waals surface area contributed by atoms with Gasteiger partial charge in [0.1, 0.15) is 5.75 Å². The van der Waals surface area contributed by atoms with Crippen molar-refractivity contribution < 1.29 is 14.6 Å². The van der Waals surface area contributed by atoms with Crippen LogP contribution in [-0.4, -0.2) is 50.8 Å². The van der Waals surface area contributed by atoms with Gasteiger partial charge in [0.25, 0.3) is 0 Å². The zero-order chi connectivity index (χ0) is 27.1. The van der Waals surface area contributed by atoms with Gasteiger partial charge in [-0.15, -0.1) is 0 Å². The highest BCUT2D eigenvalue weighted by Gasteiger charge is 2.33. The van der Waals surface area contributed by atoms with E-state index in [-0.39, 0.29) is 7.34 Å². The van der Waals surface area contributed by atoms with Crippen LogP contribution in [0.15, 0.2) is 41.4 Å². The molecular formula is C31H44N2O3S. The molecule has 1 heterocycles. The number of nitrogens with zero attached hydrogens (tertiary/aromatic N) is 2. The van der Waals surface area contributed by atoms with E-state index in [1.165, 1.54) is 0 Å². The molecule has 1 saturated carbocycles. The van der Waals surface area contributed by atoms with Crippen molar-refractivity contribution in [2.24, 2.45) is 5.92 Å². The lowest BCUT2D eigenvalue weighted by molar-refractivity contribution is 0.176. The summed E-state index contributed by atoms with van der Waals surface area (Å²) in [5.74, 6) is 1.69. The molecule has 202 valence electrons. The number of sulfone groups is 1. The molecule has 0 bridgehead atoms. The average Bonchev–Trinajstić information content (AvgIpc) is 2.88. The van der Waals surface area contributed by atoms with Crippen molar-refractivity contribution in [3.05, 3.63) is 53.2 Å². The Balaban J connectivity index is 0.00000400. The first-order valence-electron chi connectivity index (χ1n) is 13.4. The van der Waals surface area contributed by atoms with E-state index in [1.807, 2.05) is 6.07 Å². The van der Waals surface area contributed by atoms with Crippen molar-refractivity contribution in [3.63, 3.8) is 0 Å². The third kappa shape index (κ3) is 5.28. The minimum atomic E-state index is -3.48. The summed E-state index contributed by atoms with van der Waals surface area (Å²) in [5, 5.41) is 0.461. The lowest BCUT2D eigenvalue weighted by Crippen LogP contribution is -2.34. The number of aromatic nitrogens is 1. The Bertz CT molecular complexity index is 1390. The van der Waals surface area contributed by atoms with Crippen LogP contribution in [0, 0.1) is 19.8 Å². The number of fused-ring (bicyclic) bond motifs is 1. The Morgan fingerprint density at radius 3 is 2.27 bits per heavy atom. The topological polar surface area (TPSA) is 59.5 Å². The number of aryl methyl sites for hydroxylation is 1. The second-order valence-electron chi connectivity index (χ2n) is 11.3. The maximum atomic E-state index is 13.6. The number of methoxy groups -OCH3 is 1. The lowest BCUT2D eigenvalue weighted by atomic mass is 9.75. The Kier molecular flexibility index (Phi) is 8.01. The second kappa shape index (κ2) is 10.7. The fourth-order valence-corrected chi connectivity index (χ4v) is 7.08. The summed E-state index contributed by atoms with van der Waals surface area (Å²) in [6.07, 6.45) is 5.79. The van der Waals surface area contributed by atoms with Crippen LogP contribution in [0.4, 0.5) is 0 Å². The highest BCUT2D eigenvalue weighted by molar-refractivity contribution is 7.92. The number of benzene rings is 2. The molecule has 1 fully saturated rings. The van der Waals surface area contributed by atoms with E-state index in [2.05, 4.69) is 69.0 Å². The molecule has 0 amide bonds. The van der Waals surface area contributed by atoms with Crippen LogP contribution < -0.4 is 4.74 Å². The molecule has 1 aromatic heterocycles. The normalized spacial score (nSPS) is 19.5. The fraction of sp³-hybridized carbons (Fsp3) is 0.516. The van der Waals surface area contributed by atoms with Crippen molar-refractivity contribution in [1.29, 1.82) is 0 Å². The summed E-state index contributed by atoms with van der Waals surface area (Å²) in [7, 11) is 2.50. The van der Waals surface area contributed by atoms with Gasteiger partial charge in [0.05, 0.1) is 22.8 Å². The first-order valence-corrected chi connectivity index (χ1v) is 15.0. The molecule has 37 heavy (non-hydrogen) atoms. The summed E-state index contributed by atoms with van der Waals surface area (Å²) in [5.41, 5.74) is 6.22. The van der Waals surface area contributed by atoms with E-state index in [0.717, 1.165) is 70.2 Å². The summed E-state index contributed by atoms with van der Waals surface area (Å²) in [6.45, 7) is 9.98. The van der Waals surface area contributed by atoms with Crippen LogP contribution in [0.1, 0.15) is 70.5 Å². The smallest absolute Gasteiger partial charge is 0.182 e. The van der Waals surface area contributed by atoms with E-state index < -0.39 is 15.1 Å². The number of rotatable bonds is 7. The third-order valence-electron chi connectivity index (χ3n) is 8.65. The molecule has 0 N–H and O–H groups in total. The molecule has 1 unspecified atom stereocenters. The van der Waals surface area contributed by atoms with Gasteiger partial charge in [-0.2, -0.15) is 0 Å². The van der Waals surface area contributed by atoms with Crippen molar-refractivity contribution in [3.8, 4) is 16.9 Å². The van der Waals surface area contributed by atoms with Crippen molar-refractivity contribution in [2.75, 3.05) is 21.2 Å². The number of ether oxygens (including phenoxy) is 1. The predicted molar refractivity (Wildman–Crippen MR) is 155 cm³/mol. The van der Waals surface area contributed by atoms with Gasteiger partial charge in [-0.3, -0.25) is 4.98 Å². The molecule has 0 radical (unpaired) electrons. The van der Waals surface area contributed by atoms with Crippen molar-refractivity contribution in [1.82, 2.24) is 9.88 Å². The van der Waals surface area contributed by atoms with Crippen LogP contribution >= 0.6 is 0 Å². The summed E-state index contributed by atoms with van der Waals surface area (Å²) in [6, 6.07) is 11.0. The molecule has 4 rings (SSSR count). The molecular weight excluding hydrogens is 480 g/mol. The first-order chi connectivity index (χ1) is 17.4.